The number of carboxylic acids is 1. The van der Waals surface area contributed by atoms with Gasteiger partial charge in [0.05, 0.1) is 0 Å². The first-order valence-electron chi connectivity index (χ1n) is 2.35. The van der Waals surface area contributed by atoms with Gasteiger partial charge in [-0.2, -0.15) is 0 Å². The van der Waals surface area contributed by atoms with Crippen molar-refractivity contribution >= 4 is 13.6 Å². The summed E-state index contributed by atoms with van der Waals surface area (Å²) in [4.78, 5) is 26.7. The van der Waals surface area contributed by atoms with E-state index in [0.717, 1.165) is 7.05 Å². The van der Waals surface area contributed by atoms with Crippen LogP contribution in [0.5, 0.6) is 0 Å². The zero-order valence-corrected chi connectivity index (χ0v) is 6.08. The summed E-state index contributed by atoms with van der Waals surface area (Å²) in [5, 5.41) is 10.1. The van der Waals surface area contributed by atoms with E-state index in [1.54, 1.807) is 0 Å². The monoisotopic (exact) mass is 169 g/mol. The molecule has 1 atom stereocenters. The van der Waals surface area contributed by atoms with Gasteiger partial charge in [-0.1, -0.05) is 0 Å². The van der Waals surface area contributed by atoms with Gasteiger partial charge in [0.25, 0.3) is 0 Å². The Kier molecular flexibility index (Phi) is 2.98. The Morgan fingerprint density at radius 1 is 1.60 bits per heavy atom. The van der Waals surface area contributed by atoms with E-state index in [-0.39, 0.29) is 0 Å². The fourth-order valence-corrected chi connectivity index (χ4v) is 1.06. The molecular weight excluding hydrogens is 161 g/mol. The van der Waals surface area contributed by atoms with Gasteiger partial charge in [0, 0.05) is 0 Å². The first-order chi connectivity index (χ1) is 4.39. The summed E-state index contributed by atoms with van der Waals surface area (Å²) in [6.07, 6.45) is 0. The number of aliphatic carboxylic acids is 1. The lowest BCUT2D eigenvalue weighted by molar-refractivity contribution is -0.137. The molecule has 4 N–H and O–H groups in total. The highest BCUT2D eigenvalue weighted by Gasteiger charge is 2.33. The van der Waals surface area contributed by atoms with Crippen LogP contribution in [0.3, 0.4) is 0 Å². The van der Waals surface area contributed by atoms with Crippen molar-refractivity contribution in [3.05, 3.63) is 0 Å². The molecule has 0 aromatic heterocycles. The second-order valence-electron chi connectivity index (χ2n) is 1.62. The fourth-order valence-electron chi connectivity index (χ4n) is 0.436. The summed E-state index contributed by atoms with van der Waals surface area (Å²) in [7, 11) is -3.38. The molecule has 1 unspecified atom stereocenters. The van der Waals surface area contributed by atoms with Gasteiger partial charge >= 0.3 is 13.6 Å². The van der Waals surface area contributed by atoms with Gasteiger partial charge in [-0.05, 0) is 7.05 Å². The van der Waals surface area contributed by atoms with E-state index >= 15 is 0 Å². The minimum atomic E-state index is -4.54. The van der Waals surface area contributed by atoms with Crippen LogP contribution in [0, 0.1) is 0 Å². The predicted molar refractivity (Wildman–Crippen MR) is 32.5 cm³/mol. The molecule has 0 fully saturated rings. The first-order valence-corrected chi connectivity index (χ1v) is 4.03. The highest BCUT2D eigenvalue weighted by Crippen LogP contribution is 2.39. The maximum Gasteiger partial charge on any atom is 0.353 e. The molecule has 10 heavy (non-hydrogen) atoms. The molecule has 6 nitrogen and oxygen atoms in total. The third-order valence-corrected chi connectivity index (χ3v) is 2.00. The van der Waals surface area contributed by atoms with Crippen LogP contribution in [0.4, 0.5) is 0 Å². The van der Waals surface area contributed by atoms with Crippen LogP contribution in [0.1, 0.15) is 0 Å². The van der Waals surface area contributed by atoms with E-state index in [0.29, 0.717) is 0 Å². The molecule has 0 radical (unpaired) electrons. The summed E-state index contributed by atoms with van der Waals surface area (Å²) in [6, 6.07) is 0. The second kappa shape index (κ2) is 3.12. The molecule has 0 rings (SSSR count). The van der Waals surface area contributed by atoms with Gasteiger partial charge in [-0.15, -0.1) is 0 Å². The number of carboxylic acid groups (broad SMARTS) is 1. The molecule has 0 spiro atoms. The number of hydrogen-bond donors (Lipinski definition) is 4. The minimum Gasteiger partial charge on any atom is -0.480 e. The van der Waals surface area contributed by atoms with E-state index < -0.39 is 19.3 Å². The standard InChI is InChI=1S/C3H8NO5P/c1-4-2(3(5)6)10(7,8)9/h2,4H,1H3,(H,5,6)(H2,7,8,9). The van der Waals surface area contributed by atoms with Crippen LogP contribution < -0.4 is 5.32 Å². The number of hydrogen-bond acceptors (Lipinski definition) is 3. The summed E-state index contributed by atoms with van der Waals surface area (Å²) in [6.45, 7) is 0. The van der Waals surface area contributed by atoms with Crippen LogP contribution in [0.25, 0.3) is 0 Å². The maximum absolute atomic E-state index is 10.3. The largest absolute Gasteiger partial charge is 0.480 e. The SMILES string of the molecule is CNC(C(=O)O)P(=O)(O)O. The van der Waals surface area contributed by atoms with Gasteiger partial charge in [-0.25, -0.2) is 4.79 Å². The fraction of sp³-hybridized carbons (Fsp3) is 0.667. The van der Waals surface area contributed by atoms with Gasteiger partial charge in [0.1, 0.15) is 0 Å². The van der Waals surface area contributed by atoms with Crippen molar-refractivity contribution in [1.82, 2.24) is 5.32 Å². The molecule has 0 saturated heterocycles. The van der Waals surface area contributed by atoms with Crippen molar-refractivity contribution in [3.8, 4) is 0 Å². The average molecular weight is 169 g/mol. The molecule has 0 aromatic carbocycles. The maximum atomic E-state index is 10.3. The van der Waals surface area contributed by atoms with Crippen molar-refractivity contribution in [1.29, 1.82) is 0 Å². The van der Waals surface area contributed by atoms with Crippen molar-refractivity contribution in [2.45, 2.75) is 5.78 Å². The Morgan fingerprint density at radius 3 is 2.00 bits per heavy atom. The molecule has 0 aliphatic rings. The lowest BCUT2D eigenvalue weighted by atomic mass is 10.7. The highest BCUT2D eigenvalue weighted by molar-refractivity contribution is 7.53. The molecule has 0 heterocycles. The van der Waals surface area contributed by atoms with Crippen LogP contribution in [-0.4, -0.2) is 33.7 Å². The van der Waals surface area contributed by atoms with E-state index in [1.807, 2.05) is 5.32 Å². The van der Waals surface area contributed by atoms with E-state index in [4.69, 9.17) is 14.9 Å². The normalized spacial score (nSPS) is 14.7. The van der Waals surface area contributed by atoms with Crippen molar-refractivity contribution < 1.29 is 24.3 Å². The van der Waals surface area contributed by atoms with E-state index in [1.165, 1.54) is 0 Å². The molecular formula is C3H8NO5P. The summed E-state index contributed by atoms with van der Waals surface area (Å²) >= 11 is 0. The third-order valence-electron chi connectivity index (χ3n) is 0.844. The molecule has 0 amide bonds. The zero-order chi connectivity index (χ0) is 8.36. The van der Waals surface area contributed by atoms with Gasteiger partial charge in [-0.3, -0.25) is 9.88 Å². The molecule has 0 aliphatic carbocycles. The van der Waals surface area contributed by atoms with Gasteiger partial charge in [0.15, 0.2) is 0 Å². The van der Waals surface area contributed by atoms with Crippen molar-refractivity contribution in [3.63, 3.8) is 0 Å². The Bertz CT molecular complexity index is 174. The van der Waals surface area contributed by atoms with Gasteiger partial charge < -0.3 is 14.9 Å². The van der Waals surface area contributed by atoms with E-state index in [2.05, 4.69) is 0 Å². The molecule has 0 bridgehead atoms. The number of rotatable bonds is 3. The van der Waals surface area contributed by atoms with Crippen LogP contribution in [0.15, 0.2) is 0 Å². The Morgan fingerprint density at radius 2 is 2.00 bits per heavy atom. The predicted octanol–water partition coefficient (Wildman–Crippen LogP) is -1.21. The smallest absolute Gasteiger partial charge is 0.353 e. The number of likely N-dealkylation sites (N-methyl/N-ethyl adjacent to an activating group) is 1. The summed E-state index contributed by atoms with van der Waals surface area (Å²) in [5.41, 5.74) is 0. The minimum absolute atomic E-state index is 1.16. The Balaban J connectivity index is 4.38. The zero-order valence-electron chi connectivity index (χ0n) is 5.18. The first kappa shape index (κ1) is 9.58. The summed E-state index contributed by atoms with van der Waals surface area (Å²) in [5.74, 6) is -3.36. The summed E-state index contributed by atoms with van der Waals surface area (Å²) < 4.78 is 10.3. The average Bonchev–Trinajstić information content (AvgIpc) is 1.60. The topological polar surface area (TPSA) is 107 Å². The van der Waals surface area contributed by atoms with Crippen LogP contribution in [0.2, 0.25) is 0 Å². The second-order valence-corrected chi connectivity index (χ2v) is 3.31. The lowest BCUT2D eigenvalue weighted by Crippen LogP contribution is -2.33. The number of carbonyl (C=O) groups is 1. The van der Waals surface area contributed by atoms with Gasteiger partial charge in [0.2, 0.25) is 5.78 Å². The van der Waals surface area contributed by atoms with E-state index in [9.17, 15) is 9.36 Å². The van der Waals surface area contributed by atoms with Crippen molar-refractivity contribution in [2.75, 3.05) is 7.05 Å². The molecule has 0 aliphatic heterocycles. The van der Waals surface area contributed by atoms with Crippen LogP contribution in [-0.2, 0) is 9.36 Å². The third kappa shape index (κ3) is 2.45. The number of nitrogens with one attached hydrogen (secondary N) is 1. The molecule has 7 heteroatoms. The highest BCUT2D eigenvalue weighted by atomic mass is 31.2. The molecule has 60 valence electrons. The van der Waals surface area contributed by atoms with Crippen LogP contribution >= 0.6 is 7.60 Å². The lowest BCUT2D eigenvalue weighted by Gasteiger charge is -2.11. The molecule has 0 aromatic rings. The Labute approximate surface area is 57.0 Å². The molecule has 0 saturated carbocycles. The quantitative estimate of drug-likeness (QED) is 0.395. The Hall–Kier alpha value is -0.420. The van der Waals surface area contributed by atoms with Crippen molar-refractivity contribution in [2.24, 2.45) is 0 Å².